The van der Waals surface area contributed by atoms with Gasteiger partial charge in [0, 0.05) is 18.7 Å². The lowest BCUT2D eigenvalue weighted by Crippen LogP contribution is -2.39. The number of carbonyl (C=O) groups is 1. The molecule has 0 bridgehead atoms. The fourth-order valence-electron chi connectivity index (χ4n) is 2.70. The van der Waals surface area contributed by atoms with Crippen LogP contribution in [0.2, 0.25) is 0 Å². The van der Waals surface area contributed by atoms with E-state index in [9.17, 15) is 14.9 Å². The van der Waals surface area contributed by atoms with Crippen LogP contribution in [0.25, 0.3) is 0 Å². The first-order valence-electron chi connectivity index (χ1n) is 8.82. The summed E-state index contributed by atoms with van der Waals surface area (Å²) in [7, 11) is 3.11. The lowest BCUT2D eigenvalue weighted by molar-refractivity contribution is -0.384. The summed E-state index contributed by atoms with van der Waals surface area (Å²) in [5.41, 5.74) is 1.73. The zero-order valence-corrected chi connectivity index (χ0v) is 16.1. The molecule has 150 valence electrons. The van der Waals surface area contributed by atoms with Gasteiger partial charge in [0.1, 0.15) is 6.04 Å². The van der Waals surface area contributed by atoms with Crippen LogP contribution < -0.4 is 14.8 Å². The van der Waals surface area contributed by atoms with Crippen molar-refractivity contribution < 1.29 is 23.9 Å². The standard InChI is InChI=1S/C20H24N2O6/c1-4-28-20(23)17(11-15-7-10-18(26-2)19(12-15)27-3)21-13-14-5-8-16(9-6-14)22(24)25/h5-10,12,17,21H,4,11,13H2,1-3H3. The Hall–Kier alpha value is -3.13. The first kappa shape index (κ1) is 21.2. The number of non-ortho nitro benzene ring substituents is 1. The van der Waals surface area contributed by atoms with Crippen LogP contribution in [0.15, 0.2) is 42.5 Å². The Kier molecular flexibility index (Phi) is 7.76. The average Bonchev–Trinajstić information content (AvgIpc) is 2.71. The molecule has 8 nitrogen and oxygen atoms in total. The highest BCUT2D eigenvalue weighted by molar-refractivity contribution is 5.76. The van der Waals surface area contributed by atoms with Crippen molar-refractivity contribution in [1.82, 2.24) is 5.32 Å². The van der Waals surface area contributed by atoms with Gasteiger partial charge in [0.2, 0.25) is 0 Å². The van der Waals surface area contributed by atoms with Gasteiger partial charge >= 0.3 is 5.97 Å². The number of nitro groups is 1. The summed E-state index contributed by atoms with van der Waals surface area (Å²) in [6, 6.07) is 11.1. The van der Waals surface area contributed by atoms with Gasteiger partial charge < -0.3 is 19.5 Å². The van der Waals surface area contributed by atoms with Gasteiger partial charge in [-0.05, 0) is 36.6 Å². The van der Waals surface area contributed by atoms with E-state index in [1.165, 1.54) is 12.1 Å². The number of hydrogen-bond donors (Lipinski definition) is 1. The zero-order valence-electron chi connectivity index (χ0n) is 16.1. The van der Waals surface area contributed by atoms with Gasteiger partial charge in [0.25, 0.3) is 5.69 Å². The summed E-state index contributed by atoms with van der Waals surface area (Å²) in [5.74, 6) is 0.829. The highest BCUT2D eigenvalue weighted by Gasteiger charge is 2.21. The van der Waals surface area contributed by atoms with E-state index in [1.54, 1.807) is 39.3 Å². The lowest BCUT2D eigenvalue weighted by atomic mass is 10.0. The summed E-state index contributed by atoms with van der Waals surface area (Å²) in [5, 5.41) is 13.9. The Bertz CT molecular complexity index is 807. The predicted molar refractivity (Wildman–Crippen MR) is 104 cm³/mol. The molecular weight excluding hydrogens is 364 g/mol. The molecule has 2 aromatic carbocycles. The van der Waals surface area contributed by atoms with Crippen LogP contribution in [0.4, 0.5) is 5.69 Å². The van der Waals surface area contributed by atoms with Gasteiger partial charge in [-0.15, -0.1) is 0 Å². The van der Waals surface area contributed by atoms with E-state index in [0.29, 0.717) is 24.5 Å². The number of methoxy groups -OCH3 is 2. The molecule has 1 N–H and O–H groups in total. The molecule has 1 unspecified atom stereocenters. The van der Waals surface area contributed by atoms with Crippen molar-refractivity contribution in [2.24, 2.45) is 0 Å². The van der Waals surface area contributed by atoms with E-state index in [0.717, 1.165) is 11.1 Å². The van der Waals surface area contributed by atoms with E-state index in [-0.39, 0.29) is 18.3 Å². The Balaban J connectivity index is 2.11. The minimum atomic E-state index is -0.576. The van der Waals surface area contributed by atoms with Crippen LogP contribution in [0.5, 0.6) is 11.5 Å². The SMILES string of the molecule is CCOC(=O)C(Cc1ccc(OC)c(OC)c1)NCc1ccc([N+](=O)[O-])cc1. The Morgan fingerprint density at radius 2 is 1.71 bits per heavy atom. The van der Waals surface area contributed by atoms with Crippen LogP contribution in [0.1, 0.15) is 18.1 Å². The van der Waals surface area contributed by atoms with Crippen LogP contribution in [-0.4, -0.2) is 37.8 Å². The minimum absolute atomic E-state index is 0.0241. The Morgan fingerprint density at radius 3 is 2.29 bits per heavy atom. The second-order valence-corrected chi connectivity index (χ2v) is 6.00. The van der Waals surface area contributed by atoms with Crippen molar-refractivity contribution in [3.05, 3.63) is 63.7 Å². The van der Waals surface area contributed by atoms with E-state index >= 15 is 0 Å². The van der Waals surface area contributed by atoms with Gasteiger partial charge in [0.05, 0.1) is 25.7 Å². The molecule has 0 spiro atoms. The highest BCUT2D eigenvalue weighted by Crippen LogP contribution is 2.28. The number of nitrogens with one attached hydrogen (secondary N) is 1. The molecule has 28 heavy (non-hydrogen) atoms. The van der Waals surface area contributed by atoms with Crippen LogP contribution in [0.3, 0.4) is 0 Å². The molecule has 0 aliphatic rings. The Morgan fingerprint density at radius 1 is 1.07 bits per heavy atom. The first-order chi connectivity index (χ1) is 13.5. The molecule has 2 aromatic rings. The fraction of sp³-hybridized carbons (Fsp3) is 0.350. The van der Waals surface area contributed by atoms with E-state index < -0.39 is 11.0 Å². The number of esters is 1. The Labute approximate surface area is 163 Å². The third-order valence-electron chi connectivity index (χ3n) is 4.16. The zero-order chi connectivity index (χ0) is 20.5. The number of nitrogens with zero attached hydrogens (tertiary/aromatic N) is 1. The molecule has 8 heteroatoms. The monoisotopic (exact) mass is 388 g/mol. The molecular formula is C20H24N2O6. The van der Waals surface area contributed by atoms with Gasteiger partial charge in [0.15, 0.2) is 11.5 Å². The molecule has 2 rings (SSSR count). The molecule has 0 aliphatic heterocycles. The quantitative estimate of drug-likeness (QED) is 0.379. The second-order valence-electron chi connectivity index (χ2n) is 6.00. The van der Waals surface area contributed by atoms with E-state index in [1.807, 2.05) is 12.1 Å². The van der Waals surface area contributed by atoms with Gasteiger partial charge in [-0.25, -0.2) is 0 Å². The average molecular weight is 388 g/mol. The number of nitro benzene ring substituents is 1. The number of hydrogen-bond acceptors (Lipinski definition) is 7. The number of rotatable bonds is 10. The van der Waals surface area contributed by atoms with Crippen LogP contribution >= 0.6 is 0 Å². The molecule has 0 radical (unpaired) electrons. The third-order valence-corrected chi connectivity index (χ3v) is 4.16. The summed E-state index contributed by atoms with van der Waals surface area (Å²) < 4.78 is 15.7. The smallest absolute Gasteiger partial charge is 0.323 e. The number of ether oxygens (including phenoxy) is 3. The normalized spacial score (nSPS) is 11.5. The van der Waals surface area contributed by atoms with E-state index in [2.05, 4.69) is 5.32 Å². The molecule has 0 saturated carbocycles. The molecule has 1 atom stereocenters. The van der Waals surface area contributed by atoms with Crippen molar-refractivity contribution in [3.63, 3.8) is 0 Å². The van der Waals surface area contributed by atoms with Crippen molar-refractivity contribution in [2.75, 3.05) is 20.8 Å². The van der Waals surface area contributed by atoms with Crippen molar-refractivity contribution in [3.8, 4) is 11.5 Å². The van der Waals surface area contributed by atoms with Crippen LogP contribution in [0, 0.1) is 10.1 Å². The topological polar surface area (TPSA) is 99.9 Å². The predicted octanol–water partition coefficient (Wildman–Crippen LogP) is 2.88. The number of carbonyl (C=O) groups excluding carboxylic acids is 1. The molecule has 0 aliphatic carbocycles. The molecule has 0 aromatic heterocycles. The van der Waals surface area contributed by atoms with Crippen molar-refractivity contribution in [1.29, 1.82) is 0 Å². The number of benzene rings is 2. The maximum atomic E-state index is 12.4. The molecule has 0 saturated heterocycles. The van der Waals surface area contributed by atoms with Crippen molar-refractivity contribution in [2.45, 2.75) is 25.9 Å². The molecule has 0 heterocycles. The second kappa shape index (κ2) is 10.3. The first-order valence-corrected chi connectivity index (χ1v) is 8.82. The van der Waals surface area contributed by atoms with Gasteiger partial charge in [-0.2, -0.15) is 0 Å². The van der Waals surface area contributed by atoms with Gasteiger partial charge in [-0.1, -0.05) is 18.2 Å². The minimum Gasteiger partial charge on any atom is -0.493 e. The summed E-state index contributed by atoms with van der Waals surface area (Å²) >= 11 is 0. The lowest BCUT2D eigenvalue weighted by Gasteiger charge is -2.18. The fourth-order valence-corrected chi connectivity index (χ4v) is 2.70. The summed E-state index contributed by atoms with van der Waals surface area (Å²) in [4.78, 5) is 22.7. The molecule has 0 fully saturated rings. The highest BCUT2D eigenvalue weighted by atomic mass is 16.6. The maximum Gasteiger partial charge on any atom is 0.323 e. The van der Waals surface area contributed by atoms with Gasteiger partial charge in [-0.3, -0.25) is 14.9 Å². The maximum absolute atomic E-state index is 12.4. The van der Waals surface area contributed by atoms with Crippen molar-refractivity contribution >= 4 is 11.7 Å². The largest absolute Gasteiger partial charge is 0.493 e. The molecule has 0 amide bonds. The van der Waals surface area contributed by atoms with E-state index in [4.69, 9.17) is 14.2 Å². The van der Waals surface area contributed by atoms with Crippen LogP contribution in [-0.2, 0) is 22.5 Å². The third kappa shape index (κ3) is 5.68. The summed E-state index contributed by atoms with van der Waals surface area (Å²) in [6.45, 7) is 2.40. The summed E-state index contributed by atoms with van der Waals surface area (Å²) in [6.07, 6.45) is 0.395.